The third kappa shape index (κ3) is 4.96. The number of aromatic nitrogens is 4. The molecule has 0 saturated heterocycles. The predicted molar refractivity (Wildman–Crippen MR) is 118 cm³/mol. The Kier molecular flexibility index (Phi) is 6.34. The molecule has 3 heterocycles. The van der Waals surface area contributed by atoms with Crippen LogP contribution in [0.15, 0.2) is 61.1 Å². The van der Waals surface area contributed by atoms with Crippen molar-refractivity contribution in [3.05, 3.63) is 77.2 Å². The van der Waals surface area contributed by atoms with Crippen LogP contribution in [0.3, 0.4) is 0 Å². The molecule has 0 fully saturated rings. The van der Waals surface area contributed by atoms with Gasteiger partial charge in [0.1, 0.15) is 6.61 Å². The van der Waals surface area contributed by atoms with Crippen LogP contribution in [0.2, 0.25) is 5.02 Å². The molecule has 1 amide bonds. The largest absolute Gasteiger partial charge is 0.481 e. The van der Waals surface area contributed by atoms with Crippen LogP contribution in [0.1, 0.15) is 15.9 Å². The number of carbonyl (C=O) groups excluding carboxylic acids is 1. The van der Waals surface area contributed by atoms with Crippen molar-refractivity contribution in [2.45, 2.75) is 6.61 Å². The standard InChI is InChI=1S/C21H16ClN5O3S/c1-29-19-16(3-2-9-24-19)15-8-10-23-11-17(15)18(28)25-20-26-27-21(31-20)30-12-13-4-6-14(22)7-5-13/h2-11H,12H2,1H3,(H,25,26,28). The molecule has 4 rings (SSSR count). The number of rotatable bonds is 7. The van der Waals surface area contributed by atoms with E-state index in [4.69, 9.17) is 21.1 Å². The van der Waals surface area contributed by atoms with Gasteiger partial charge in [-0.2, -0.15) is 0 Å². The zero-order chi connectivity index (χ0) is 21.6. The molecule has 1 aromatic carbocycles. The molecule has 0 saturated carbocycles. The summed E-state index contributed by atoms with van der Waals surface area (Å²) in [6.07, 6.45) is 4.71. The molecule has 0 aliphatic heterocycles. The first kappa shape index (κ1) is 20.7. The highest BCUT2D eigenvalue weighted by Gasteiger charge is 2.18. The van der Waals surface area contributed by atoms with Crippen molar-refractivity contribution < 1.29 is 14.3 Å². The average molecular weight is 454 g/mol. The molecule has 8 nitrogen and oxygen atoms in total. The summed E-state index contributed by atoms with van der Waals surface area (Å²) in [7, 11) is 1.53. The van der Waals surface area contributed by atoms with Crippen molar-refractivity contribution in [1.82, 2.24) is 20.2 Å². The SMILES string of the molecule is COc1ncccc1-c1ccncc1C(=O)Nc1nnc(OCc2ccc(Cl)cc2)s1. The molecule has 0 atom stereocenters. The molecule has 156 valence electrons. The van der Waals surface area contributed by atoms with Crippen LogP contribution in [0.4, 0.5) is 5.13 Å². The van der Waals surface area contributed by atoms with E-state index < -0.39 is 0 Å². The zero-order valence-electron chi connectivity index (χ0n) is 16.3. The van der Waals surface area contributed by atoms with Gasteiger partial charge in [0.15, 0.2) is 0 Å². The van der Waals surface area contributed by atoms with Crippen molar-refractivity contribution in [1.29, 1.82) is 0 Å². The van der Waals surface area contributed by atoms with Gasteiger partial charge in [0, 0.05) is 34.7 Å². The molecule has 0 radical (unpaired) electrons. The summed E-state index contributed by atoms with van der Waals surface area (Å²) in [5.41, 5.74) is 2.62. The van der Waals surface area contributed by atoms with Gasteiger partial charge in [-0.1, -0.05) is 28.8 Å². The van der Waals surface area contributed by atoms with Crippen LogP contribution < -0.4 is 14.8 Å². The number of nitrogens with one attached hydrogen (secondary N) is 1. The topological polar surface area (TPSA) is 99.1 Å². The van der Waals surface area contributed by atoms with Crippen LogP contribution in [-0.4, -0.2) is 33.2 Å². The lowest BCUT2D eigenvalue weighted by Gasteiger charge is -2.11. The van der Waals surface area contributed by atoms with Crippen LogP contribution in [-0.2, 0) is 6.61 Å². The fourth-order valence-electron chi connectivity index (χ4n) is 2.78. The summed E-state index contributed by atoms with van der Waals surface area (Å²) >= 11 is 7.01. The minimum Gasteiger partial charge on any atom is -0.481 e. The van der Waals surface area contributed by atoms with Crippen molar-refractivity contribution in [2.75, 3.05) is 12.4 Å². The Hall–Kier alpha value is -3.56. The quantitative estimate of drug-likeness (QED) is 0.440. The third-order valence-corrected chi connectivity index (χ3v) is 5.23. The number of methoxy groups -OCH3 is 1. The monoisotopic (exact) mass is 453 g/mol. The van der Waals surface area contributed by atoms with E-state index in [0.717, 1.165) is 16.9 Å². The lowest BCUT2D eigenvalue weighted by atomic mass is 10.0. The number of hydrogen-bond donors (Lipinski definition) is 1. The predicted octanol–water partition coefficient (Wildman–Crippen LogP) is 4.49. The minimum absolute atomic E-state index is 0.309. The molecular weight excluding hydrogens is 438 g/mol. The maximum Gasteiger partial charge on any atom is 0.296 e. The van der Waals surface area contributed by atoms with E-state index >= 15 is 0 Å². The summed E-state index contributed by atoms with van der Waals surface area (Å²) in [5, 5.41) is 12.0. The number of anilines is 1. The van der Waals surface area contributed by atoms with Crippen LogP contribution in [0, 0.1) is 0 Å². The number of carbonyl (C=O) groups is 1. The first-order chi connectivity index (χ1) is 15.1. The van der Waals surface area contributed by atoms with Gasteiger partial charge in [0.2, 0.25) is 11.0 Å². The Labute approximate surface area is 186 Å². The van der Waals surface area contributed by atoms with Gasteiger partial charge in [0.05, 0.1) is 12.7 Å². The van der Waals surface area contributed by atoms with Crippen LogP contribution in [0.5, 0.6) is 11.1 Å². The number of ether oxygens (including phenoxy) is 2. The number of halogens is 1. The van der Waals surface area contributed by atoms with Gasteiger partial charge in [0.25, 0.3) is 11.1 Å². The van der Waals surface area contributed by atoms with E-state index in [9.17, 15) is 4.79 Å². The molecule has 0 spiro atoms. The summed E-state index contributed by atoms with van der Waals surface area (Å²) in [6, 6.07) is 12.6. The fraction of sp³-hybridized carbons (Fsp3) is 0.0952. The first-order valence-corrected chi connectivity index (χ1v) is 10.3. The highest BCUT2D eigenvalue weighted by atomic mass is 35.5. The van der Waals surface area contributed by atoms with E-state index in [0.29, 0.717) is 44.5 Å². The fourth-order valence-corrected chi connectivity index (χ4v) is 3.49. The lowest BCUT2D eigenvalue weighted by molar-refractivity contribution is 0.102. The Morgan fingerprint density at radius 1 is 1.10 bits per heavy atom. The number of pyridine rings is 2. The van der Waals surface area contributed by atoms with Crippen molar-refractivity contribution >= 4 is 34.0 Å². The number of nitrogens with zero attached hydrogens (tertiary/aromatic N) is 4. The van der Waals surface area contributed by atoms with Gasteiger partial charge in [-0.05, 0) is 47.2 Å². The van der Waals surface area contributed by atoms with E-state index in [-0.39, 0.29) is 5.91 Å². The number of hydrogen-bond acceptors (Lipinski definition) is 8. The lowest BCUT2D eigenvalue weighted by Crippen LogP contribution is -2.13. The third-order valence-electron chi connectivity index (χ3n) is 4.22. The average Bonchev–Trinajstić information content (AvgIpc) is 3.26. The summed E-state index contributed by atoms with van der Waals surface area (Å²) in [5.74, 6) is 0.0333. The van der Waals surface area contributed by atoms with Crippen molar-refractivity contribution in [2.24, 2.45) is 0 Å². The maximum absolute atomic E-state index is 12.9. The van der Waals surface area contributed by atoms with Gasteiger partial charge < -0.3 is 9.47 Å². The van der Waals surface area contributed by atoms with Gasteiger partial charge in [-0.25, -0.2) is 4.98 Å². The van der Waals surface area contributed by atoms with E-state index in [2.05, 4.69) is 25.5 Å². The maximum atomic E-state index is 12.9. The molecule has 0 unspecified atom stereocenters. The van der Waals surface area contributed by atoms with Gasteiger partial charge in [-0.3, -0.25) is 15.1 Å². The highest BCUT2D eigenvalue weighted by molar-refractivity contribution is 7.17. The Morgan fingerprint density at radius 3 is 2.74 bits per heavy atom. The first-order valence-electron chi connectivity index (χ1n) is 9.09. The molecule has 4 aromatic rings. The van der Waals surface area contributed by atoms with E-state index in [1.807, 2.05) is 18.2 Å². The van der Waals surface area contributed by atoms with E-state index in [1.165, 1.54) is 13.3 Å². The van der Waals surface area contributed by atoms with Crippen LogP contribution >= 0.6 is 22.9 Å². The summed E-state index contributed by atoms with van der Waals surface area (Å²) < 4.78 is 11.0. The van der Waals surface area contributed by atoms with Gasteiger partial charge >= 0.3 is 0 Å². The molecule has 0 aliphatic rings. The normalized spacial score (nSPS) is 10.5. The Bertz CT molecular complexity index is 1200. The smallest absolute Gasteiger partial charge is 0.296 e. The molecular formula is C21H16ClN5O3S. The highest BCUT2D eigenvalue weighted by Crippen LogP contribution is 2.31. The minimum atomic E-state index is -0.380. The van der Waals surface area contributed by atoms with Crippen LogP contribution in [0.25, 0.3) is 11.1 Å². The van der Waals surface area contributed by atoms with Gasteiger partial charge in [-0.15, -0.1) is 5.10 Å². The Balaban J connectivity index is 1.48. The molecule has 0 aliphatic carbocycles. The zero-order valence-corrected chi connectivity index (χ0v) is 17.9. The number of amides is 1. The molecule has 31 heavy (non-hydrogen) atoms. The summed E-state index contributed by atoms with van der Waals surface area (Å²) in [6.45, 7) is 0.313. The Morgan fingerprint density at radius 2 is 1.94 bits per heavy atom. The summed E-state index contributed by atoms with van der Waals surface area (Å²) in [4.78, 5) is 21.2. The number of benzene rings is 1. The molecule has 3 aromatic heterocycles. The second-order valence-electron chi connectivity index (χ2n) is 6.22. The second-order valence-corrected chi connectivity index (χ2v) is 7.60. The van der Waals surface area contributed by atoms with E-state index in [1.54, 1.807) is 36.7 Å². The molecule has 1 N–H and O–H groups in total. The second kappa shape index (κ2) is 9.50. The van der Waals surface area contributed by atoms with Crippen molar-refractivity contribution in [3.8, 4) is 22.2 Å². The molecule has 0 bridgehead atoms. The molecule has 10 heteroatoms. The van der Waals surface area contributed by atoms with Crippen molar-refractivity contribution in [3.63, 3.8) is 0 Å².